The van der Waals surface area contributed by atoms with Crippen LogP contribution >= 0.6 is 15.9 Å². The van der Waals surface area contributed by atoms with Gasteiger partial charge in [0.15, 0.2) is 0 Å². The summed E-state index contributed by atoms with van der Waals surface area (Å²) < 4.78 is 6.36. The molecule has 2 rings (SSSR count). The number of halogens is 1. The number of hydrogen-bond acceptors (Lipinski definition) is 2. The molecule has 1 aliphatic rings. The lowest BCUT2D eigenvalue weighted by molar-refractivity contribution is 0.410. The van der Waals surface area contributed by atoms with Gasteiger partial charge in [0.25, 0.3) is 0 Å². The molecule has 1 N–H and O–H groups in total. The predicted molar refractivity (Wildman–Crippen MR) is 56.1 cm³/mol. The van der Waals surface area contributed by atoms with E-state index in [4.69, 9.17) is 4.74 Å². The lowest BCUT2D eigenvalue weighted by Crippen LogP contribution is -2.23. The van der Waals surface area contributed by atoms with Crippen molar-refractivity contribution in [3.05, 3.63) is 27.7 Å². The van der Waals surface area contributed by atoms with Crippen molar-refractivity contribution in [1.29, 1.82) is 0 Å². The van der Waals surface area contributed by atoms with E-state index >= 15 is 0 Å². The summed E-state index contributed by atoms with van der Waals surface area (Å²) in [5, 5.41) is 3.34. The van der Waals surface area contributed by atoms with Gasteiger partial charge in [0.2, 0.25) is 0 Å². The summed E-state index contributed by atoms with van der Waals surface area (Å²) in [6.07, 6.45) is 1.08. The van der Waals surface area contributed by atoms with E-state index in [-0.39, 0.29) is 0 Å². The first-order chi connectivity index (χ1) is 6.33. The molecule has 1 aromatic rings. The zero-order chi connectivity index (χ0) is 9.26. The van der Waals surface area contributed by atoms with E-state index in [0.29, 0.717) is 0 Å². The third-order valence-electron chi connectivity index (χ3n) is 2.39. The Balaban J connectivity index is 2.48. The smallest absolute Gasteiger partial charge is 0.133 e. The third-order valence-corrected chi connectivity index (χ3v) is 3.26. The van der Waals surface area contributed by atoms with Gasteiger partial charge in [-0.3, -0.25) is 0 Å². The van der Waals surface area contributed by atoms with E-state index in [2.05, 4.69) is 27.3 Å². The van der Waals surface area contributed by atoms with Crippen LogP contribution < -0.4 is 10.1 Å². The van der Waals surface area contributed by atoms with Crippen molar-refractivity contribution in [3.63, 3.8) is 0 Å². The average molecular weight is 242 g/mol. The van der Waals surface area contributed by atoms with Gasteiger partial charge in [-0.2, -0.15) is 0 Å². The number of benzene rings is 1. The Labute approximate surface area is 86.4 Å². The SMILES string of the molecule is COc1ccc2c(c1Br)CCNC2. The summed E-state index contributed by atoms with van der Waals surface area (Å²) in [4.78, 5) is 0. The van der Waals surface area contributed by atoms with Crippen LogP contribution in [0.1, 0.15) is 11.1 Å². The van der Waals surface area contributed by atoms with Gasteiger partial charge in [-0.05, 0) is 46.1 Å². The predicted octanol–water partition coefficient (Wildman–Crippen LogP) is 2.10. The van der Waals surface area contributed by atoms with Crippen LogP contribution in [0, 0.1) is 0 Å². The van der Waals surface area contributed by atoms with Crippen molar-refractivity contribution in [1.82, 2.24) is 5.32 Å². The molecule has 0 aliphatic carbocycles. The van der Waals surface area contributed by atoms with Gasteiger partial charge in [0.1, 0.15) is 5.75 Å². The quantitative estimate of drug-likeness (QED) is 0.814. The Hall–Kier alpha value is -0.540. The maximum Gasteiger partial charge on any atom is 0.133 e. The molecular formula is C10H12BrNO. The normalized spacial score (nSPS) is 15.2. The maximum absolute atomic E-state index is 5.24. The summed E-state index contributed by atoms with van der Waals surface area (Å²) >= 11 is 3.57. The molecule has 0 saturated carbocycles. The van der Waals surface area contributed by atoms with Crippen molar-refractivity contribution in [2.45, 2.75) is 13.0 Å². The Kier molecular flexibility index (Phi) is 2.56. The highest BCUT2D eigenvalue weighted by molar-refractivity contribution is 9.10. The molecule has 0 radical (unpaired) electrons. The highest BCUT2D eigenvalue weighted by Crippen LogP contribution is 2.32. The van der Waals surface area contributed by atoms with E-state index < -0.39 is 0 Å². The van der Waals surface area contributed by atoms with Gasteiger partial charge in [0.05, 0.1) is 11.6 Å². The Morgan fingerprint density at radius 2 is 2.31 bits per heavy atom. The van der Waals surface area contributed by atoms with Gasteiger partial charge in [-0.1, -0.05) is 6.07 Å². The fourth-order valence-corrected chi connectivity index (χ4v) is 2.42. The van der Waals surface area contributed by atoms with Crippen molar-refractivity contribution in [3.8, 4) is 5.75 Å². The number of rotatable bonds is 1. The Morgan fingerprint density at radius 3 is 3.08 bits per heavy atom. The molecule has 1 aromatic carbocycles. The molecule has 0 atom stereocenters. The van der Waals surface area contributed by atoms with Crippen LogP contribution in [-0.4, -0.2) is 13.7 Å². The third kappa shape index (κ3) is 1.58. The molecule has 0 saturated heterocycles. The van der Waals surface area contributed by atoms with Crippen LogP contribution in [0.2, 0.25) is 0 Å². The second-order valence-electron chi connectivity index (χ2n) is 3.15. The van der Waals surface area contributed by atoms with Crippen LogP contribution in [0.25, 0.3) is 0 Å². The monoisotopic (exact) mass is 241 g/mol. The van der Waals surface area contributed by atoms with Gasteiger partial charge in [-0.25, -0.2) is 0 Å². The molecule has 0 amide bonds. The molecule has 0 bridgehead atoms. The highest BCUT2D eigenvalue weighted by atomic mass is 79.9. The largest absolute Gasteiger partial charge is 0.496 e. The zero-order valence-electron chi connectivity index (χ0n) is 7.56. The van der Waals surface area contributed by atoms with E-state index in [9.17, 15) is 0 Å². The lowest BCUT2D eigenvalue weighted by atomic mass is 10.0. The molecule has 1 heterocycles. The fourth-order valence-electron chi connectivity index (χ4n) is 1.67. The maximum atomic E-state index is 5.24. The number of fused-ring (bicyclic) bond motifs is 1. The van der Waals surface area contributed by atoms with Crippen LogP contribution in [0.15, 0.2) is 16.6 Å². The van der Waals surface area contributed by atoms with Crippen LogP contribution in [-0.2, 0) is 13.0 Å². The lowest BCUT2D eigenvalue weighted by Gasteiger charge is -2.19. The van der Waals surface area contributed by atoms with Gasteiger partial charge < -0.3 is 10.1 Å². The molecule has 0 fully saturated rings. The molecular weight excluding hydrogens is 230 g/mol. The van der Waals surface area contributed by atoms with E-state index in [1.54, 1.807) is 7.11 Å². The van der Waals surface area contributed by atoms with Gasteiger partial charge in [0, 0.05) is 6.54 Å². The van der Waals surface area contributed by atoms with Crippen molar-refractivity contribution < 1.29 is 4.74 Å². The molecule has 0 unspecified atom stereocenters. The summed E-state index contributed by atoms with van der Waals surface area (Å²) in [6.45, 7) is 2.02. The van der Waals surface area contributed by atoms with Crippen LogP contribution in [0.4, 0.5) is 0 Å². The number of ether oxygens (including phenoxy) is 1. The number of nitrogens with one attached hydrogen (secondary N) is 1. The first-order valence-corrected chi connectivity index (χ1v) is 5.17. The van der Waals surface area contributed by atoms with Crippen LogP contribution in [0.5, 0.6) is 5.75 Å². The molecule has 1 aliphatic heterocycles. The average Bonchev–Trinajstić information content (AvgIpc) is 2.19. The van der Waals surface area contributed by atoms with Gasteiger partial charge >= 0.3 is 0 Å². The first-order valence-electron chi connectivity index (χ1n) is 4.38. The number of methoxy groups -OCH3 is 1. The van der Waals surface area contributed by atoms with E-state index in [0.717, 1.165) is 29.7 Å². The summed E-state index contributed by atoms with van der Waals surface area (Å²) in [5.41, 5.74) is 2.76. The number of hydrogen-bond donors (Lipinski definition) is 1. The minimum absolute atomic E-state index is 0.931. The standard InChI is InChI=1S/C10H12BrNO/c1-13-9-3-2-7-6-12-5-4-8(7)10(9)11/h2-3,12H,4-6H2,1H3. The second kappa shape index (κ2) is 3.68. The fraction of sp³-hybridized carbons (Fsp3) is 0.400. The Morgan fingerprint density at radius 1 is 1.46 bits per heavy atom. The molecule has 70 valence electrons. The molecule has 2 nitrogen and oxygen atoms in total. The van der Waals surface area contributed by atoms with Crippen molar-refractivity contribution in [2.24, 2.45) is 0 Å². The molecule has 13 heavy (non-hydrogen) atoms. The topological polar surface area (TPSA) is 21.3 Å². The van der Waals surface area contributed by atoms with Gasteiger partial charge in [-0.15, -0.1) is 0 Å². The van der Waals surface area contributed by atoms with E-state index in [1.807, 2.05) is 6.07 Å². The highest BCUT2D eigenvalue weighted by Gasteiger charge is 2.14. The molecule has 3 heteroatoms. The second-order valence-corrected chi connectivity index (χ2v) is 3.94. The van der Waals surface area contributed by atoms with E-state index in [1.165, 1.54) is 11.1 Å². The molecule has 0 aromatic heterocycles. The summed E-state index contributed by atoms with van der Waals surface area (Å²) in [5.74, 6) is 0.931. The van der Waals surface area contributed by atoms with Crippen LogP contribution in [0.3, 0.4) is 0 Å². The minimum Gasteiger partial charge on any atom is -0.496 e. The first kappa shape index (κ1) is 9.03. The molecule has 0 spiro atoms. The Bertz CT molecular complexity index is 325. The summed E-state index contributed by atoms with van der Waals surface area (Å²) in [6, 6.07) is 4.14. The minimum atomic E-state index is 0.931. The zero-order valence-corrected chi connectivity index (χ0v) is 9.15. The van der Waals surface area contributed by atoms with Crippen molar-refractivity contribution >= 4 is 15.9 Å². The summed E-state index contributed by atoms with van der Waals surface area (Å²) in [7, 11) is 1.70. The van der Waals surface area contributed by atoms with Crippen molar-refractivity contribution in [2.75, 3.05) is 13.7 Å².